The first-order valence-electron chi connectivity index (χ1n) is 5.74. The fraction of sp³-hybridized carbons (Fsp3) is 0.750. The Labute approximate surface area is 97.6 Å². The van der Waals surface area contributed by atoms with E-state index in [0.717, 1.165) is 19.3 Å². The van der Waals surface area contributed by atoms with Crippen LogP contribution in [0.3, 0.4) is 0 Å². The van der Waals surface area contributed by atoms with E-state index in [2.05, 4.69) is 31.9 Å². The highest BCUT2D eigenvalue weighted by atomic mass is 35.5. The molecule has 0 aliphatic rings. The predicted octanol–water partition coefficient (Wildman–Crippen LogP) is 3.18. The monoisotopic (exact) mass is 228 g/mol. The molecule has 0 fully saturated rings. The lowest BCUT2D eigenvalue weighted by Gasteiger charge is -2.15. The molecule has 0 bridgehead atoms. The molecule has 2 nitrogen and oxygen atoms in total. The molecule has 1 rings (SSSR count). The number of halogens is 1. The van der Waals surface area contributed by atoms with Crippen LogP contribution in [-0.4, -0.2) is 15.2 Å². The van der Waals surface area contributed by atoms with E-state index >= 15 is 0 Å². The van der Waals surface area contributed by atoms with Gasteiger partial charge in [-0.2, -0.15) is 5.10 Å². The van der Waals surface area contributed by atoms with Crippen LogP contribution in [0.5, 0.6) is 0 Å². The van der Waals surface area contributed by atoms with E-state index in [-0.39, 0.29) is 5.38 Å². The zero-order valence-electron chi connectivity index (χ0n) is 10.1. The van der Waals surface area contributed by atoms with Crippen LogP contribution in [0.25, 0.3) is 0 Å². The van der Waals surface area contributed by atoms with Crippen LogP contribution in [0.2, 0.25) is 0 Å². The summed E-state index contributed by atoms with van der Waals surface area (Å²) in [6, 6.07) is 2.19. The van der Waals surface area contributed by atoms with Gasteiger partial charge in [-0.05, 0) is 31.2 Å². The fourth-order valence-corrected chi connectivity index (χ4v) is 1.88. The molecule has 1 aromatic heterocycles. The van der Waals surface area contributed by atoms with Crippen LogP contribution >= 0.6 is 11.6 Å². The van der Waals surface area contributed by atoms with Gasteiger partial charge in [-0.3, -0.25) is 4.68 Å². The Bertz CT molecular complexity index is 307. The molecule has 0 amide bonds. The van der Waals surface area contributed by atoms with Gasteiger partial charge >= 0.3 is 0 Å². The van der Waals surface area contributed by atoms with Gasteiger partial charge in [-0.1, -0.05) is 20.8 Å². The van der Waals surface area contributed by atoms with Crippen LogP contribution in [0.4, 0.5) is 0 Å². The third-order valence-corrected chi connectivity index (χ3v) is 3.67. The SMILES string of the molecule is CCc1cc(CC(C)C(Cl)CC)n(C)n1. The predicted molar refractivity (Wildman–Crippen MR) is 65.4 cm³/mol. The van der Waals surface area contributed by atoms with Crippen LogP contribution < -0.4 is 0 Å². The molecule has 1 heterocycles. The molecule has 3 heteroatoms. The van der Waals surface area contributed by atoms with E-state index < -0.39 is 0 Å². The van der Waals surface area contributed by atoms with Gasteiger partial charge in [0.25, 0.3) is 0 Å². The Morgan fingerprint density at radius 3 is 2.60 bits per heavy atom. The maximum atomic E-state index is 6.23. The summed E-state index contributed by atoms with van der Waals surface area (Å²) in [6.07, 6.45) is 3.05. The van der Waals surface area contributed by atoms with Crippen LogP contribution in [0.1, 0.15) is 38.6 Å². The van der Waals surface area contributed by atoms with Gasteiger partial charge in [-0.15, -0.1) is 11.6 Å². The average molecular weight is 229 g/mol. The van der Waals surface area contributed by atoms with Crippen molar-refractivity contribution in [2.24, 2.45) is 13.0 Å². The summed E-state index contributed by atoms with van der Waals surface area (Å²) in [6.45, 7) is 6.47. The van der Waals surface area contributed by atoms with Crippen molar-refractivity contribution in [3.8, 4) is 0 Å². The minimum atomic E-state index is 0.268. The number of rotatable bonds is 5. The first-order valence-corrected chi connectivity index (χ1v) is 6.17. The normalized spacial score (nSPS) is 15.3. The minimum Gasteiger partial charge on any atom is -0.272 e. The molecule has 2 atom stereocenters. The molecule has 1 aromatic rings. The van der Waals surface area contributed by atoms with Crippen molar-refractivity contribution in [2.75, 3.05) is 0 Å². The largest absolute Gasteiger partial charge is 0.272 e. The Hall–Kier alpha value is -0.500. The van der Waals surface area contributed by atoms with E-state index in [1.165, 1.54) is 11.4 Å². The van der Waals surface area contributed by atoms with Crippen molar-refractivity contribution in [1.82, 2.24) is 9.78 Å². The highest BCUT2D eigenvalue weighted by Crippen LogP contribution is 2.19. The lowest BCUT2D eigenvalue weighted by Crippen LogP contribution is -2.14. The summed E-state index contributed by atoms with van der Waals surface area (Å²) in [7, 11) is 2.01. The summed E-state index contributed by atoms with van der Waals surface area (Å²) in [5.74, 6) is 0.511. The van der Waals surface area contributed by atoms with Gasteiger partial charge < -0.3 is 0 Å². The Balaban J connectivity index is 2.67. The minimum absolute atomic E-state index is 0.268. The number of hydrogen-bond acceptors (Lipinski definition) is 1. The summed E-state index contributed by atoms with van der Waals surface area (Å²) >= 11 is 6.23. The molecule has 0 aromatic carbocycles. The second-order valence-electron chi connectivity index (χ2n) is 4.21. The van der Waals surface area contributed by atoms with Gasteiger partial charge in [0.15, 0.2) is 0 Å². The molecule has 0 N–H and O–H groups in total. The number of hydrogen-bond donors (Lipinski definition) is 0. The van der Waals surface area contributed by atoms with Crippen LogP contribution in [0, 0.1) is 5.92 Å². The lowest BCUT2D eigenvalue weighted by atomic mass is 9.99. The van der Waals surface area contributed by atoms with Gasteiger partial charge in [0.2, 0.25) is 0 Å². The molecule has 15 heavy (non-hydrogen) atoms. The zero-order valence-corrected chi connectivity index (χ0v) is 10.9. The summed E-state index contributed by atoms with van der Waals surface area (Å²) in [4.78, 5) is 0. The second-order valence-corrected chi connectivity index (χ2v) is 4.77. The molecule has 86 valence electrons. The molecular formula is C12H21ClN2. The topological polar surface area (TPSA) is 17.8 Å². The highest BCUT2D eigenvalue weighted by Gasteiger charge is 2.15. The number of aryl methyl sites for hydroxylation is 2. The fourth-order valence-electron chi connectivity index (χ4n) is 1.80. The van der Waals surface area contributed by atoms with Crippen LogP contribution in [0.15, 0.2) is 6.07 Å². The summed E-state index contributed by atoms with van der Waals surface area (Å²) < 4.78 is 1.98. The first-order chi connectivity index (χ1) is 7.08. The quantitative estimate of drug-likeness (QED) is 0.708. The number of nitrogens with zero attached hydrogens (tertiary/aromatic N) is 2. The molecule has 0 spiro atoms. The van der Waals surface area contributed by atoms with Crippen molar-refractivity contribution < 1.29 is 0 Å². The maximum Gasteiger partial charge on any atom is 0.0624 e. The van der Waals surface area contributed by atoms with E-state index in [1.54, 1.807) is 0 Å². The van der Waals surface area contributed by atoms with Crippen molar-refractivity contribution in [3.63, 3.8) is 0 Å². The molecule has 2 unspecified atom stereocenters. The van der Waals surface area contributed by atoms with Gasteiger partial charge in [0, 0.05) is 18.1 Å². The molecule has 0 aliphatic heterocycles. The standard InChI is InChI=1S/C12H21ClN2/c1-5-10-8-11(15(4)14-10)7-9(3)12(13)6-2/h8-9,12H,5-7H2,1-4H3. The molecule has 0 aliphatic carbocycles. The summed E-state index contributed by atoms with van der Waals surface area (Å²) in [5.41, 5.74) is 2.46. The number of alkyl halides is 1. The van der Waals surface area contributed by atoms with Crippen molar-refractivity contribution in [3.05, 3.63) is 17.5 Å². The van der Waals surface area contributed by atoms with Crippen molar-refractivity contribution in [1.29, 1.82) is 0 Å². The van der Waals surface area contributed by atoms with E-state index in [9.17, 15) is 0 Å². The van der Waals surface area contributed by atoms with Crippen LogP contribution in [-0.2, 0) is 19.9 Å². The molecule has 0 saturated carbocycles. The van der Waals surface area contributed by atoms with Gasteiger partial charge in [0.1, 0.15) is 0 Å². The molecule has 0 radical (unpaired) electrons. The Morgan fingerprint density at radius 1 is 1.47 bits per heavy atom. The average Bonchev–Trinajstić information content (AvgIpc) is 2.58. The van der Waals surface area contributed by atoms with E-state index in [4.69, 9.17) is 11.6 Å². The van der Waals surface area contributed by atoms with Crippen molar-refractivity contribution in [2.45, 2.75) is 45.4 Å². The lowest BCUT2D eigenvalue weighted by molar-refractivity contribution is 0.510. The Kier molecular flexibility index (Phi) is 4.65. The van der Waals surface area contributed by atoms with Gasteiger partial charge in [0.05, 0.1) is 5.69 Å². The highest BCUT2D eigenvalue weighted by molar-refractivity contribution is 6.20. The third kappa shape index (κ3) is 3.23. The van der Waals surface area contributed by atoms with Crippen molar-refractivity contribution >= 4 is 11.6 Å². The molecular weight excluding hydrogens is 208 g/mol. The maximum absolute atomic E-state index is 6.23. The van der Waals surface area contributed by atoms with E-state index in [0.29, 0.717) is 5.92 Å². The second kappa shape index (κ2) is 5.55. The number of aromatic nitrogens is 2. The third-order valence-electron chi connectivity index (χ3n) is 2.93. The smallest absolute Gasteiger partial charge is 0.0624 e. The zero-order chi connectivity index (χ0) is 11.4. The summed E-state index contributed by atoms with van der Waals surface area (Å²) in [5, 5.41) is 4.71. The van der Waals surface area contributed by atoms with E-state index in [1.807, 2.05) is 11.7 Å². The Morgan fingerprint density at radius 2 is 2.13 bits per heavy atom. The van der Waals surface area contributed by atoms with Gasteiger partial charge in [-0.25, -0.2) is 0 Å². The first kappa shape index (κ1) is 12.6. The molecule has 0 saturated heterocycles.